The Balaban J connectivity index is 2.08. The van der Waals surface area contributed by atoms with Gasteiger partial charge in [-0.15, -0.1) is 0 Å². The van der Waals surface area contributed by atoms with Crippen molar-refractivity contribution in [2.75, 3.05) is 5.73 Å². The van der Waals surface area contributed by atoms with Crippen LogP contribution in [0, 0.1) is 13.8 Å². The van der Waals surface area contributed by atoms with Crippen LogP contribution in [0.1, 0.15) is 21.5 Å². The summed E-state index contributed by atoms with van der Waals surface area (Å²) in [6, 6.07) is 12.1. The number of carbonyl (C=O) groups is 1. The Morgan fingerprint density at radius 3 is 2.37 bits per heavy atom. The van der Waals surface area contributed by atoms with Crippen LogP contribution in [0.2, 0.25) is 0 Å². The number of nitrogen functional groups attached to an aromatic ring is 1. The van der Waals surface area contributed by atoms with Gasteiger partial charge in [-0.05, 0) is 43.7 Å². The smallest absolute Gasteiger partial charge is 0.386 e. The summed E-state index contributed by atoms with van der Waals surface area (Å²) in [5.41, 5.74) is 8.65. The van der Waals surface area contributed by atoms with Gasteiger partial charge in [0.05, 0.1) is 5.56 Å². The maximum absolute atomic E-state index is 11.7. The van der Waals surface area contributed by atoms with Gasteiger partial charge in [0.15, 0.2) is 5.75 Å². The maximum Gasteiger partial charge on any atom is 0.386 e. The quantitative estimate of drug-likeness (QED) is 0.521. The summed E-state index contributed by atoms with van der Waals surface area (Å²) in [7, 11) is 0. The molecule has 4 nitrogen and oxygen atoms in total. The van der Waals surface area contributed by atoms with Gasteiger partial charge in [-0.1, -0.05) is 18.2 Å². The fourth-order valence-corrected chi connectivity index (χ4v) is 1.61. The minimum atomic E-state index is -0.533. The van der Waals surface area contributed by atoms with E-state index in [1.54, 1.807) is 36.4 Å². The maximum atomic E-state index is 11.7. The van der Waals surface area contributed by atoms with Crippen molar-refractivity contribution < 1.29 is 14.6 Å². The lowest BCUT2D eigenvalue weighted by molar-refractivity contribution is -0.150. The van der Waals surface area contributed by atoms with E-state index in [4.69, 9.17) is 15.5 Å². The normalized spacial score (nSPS) is 10.0. The average molecular weight is 257 g/mol. The van der Waals surface area contributed by atoms with Crippen LogP contribution in [0.4, 0.5) is 5.69 Å². The van der Waals surface area contributed by atoms with Crippen molar-refractivity contribution in [2.45, 2.75) is 13.8 Å². The lowest BCUT2D eigenvalue weighted by Crippen LogP contribution is -2.09. The Kier molecular flexibility index (Phi) is 3.71. The van der Waals surface area contributed by atoms with Gasteiger partial charge in [0.1, 0.15) is 0 Å². The summed E-state index contributed by atoms with van der Waals surface area (Å²) in [6.07, 6.45) is 0. The second-order valence-corrected chi connectivity index (χ2v) is 4.22. The third-order valence-electron chi connectivity index (χ3n) is 3.00. The summed E-state index contributed by atoms with van der Waals surface area (Å²) in [5, 5.41) is 0. The zero-order chi connectivity index (χ0) is 13.8. The topological polar surface area (TPSA) is 61.6 Å². The highest BCUT2D eigenvalue weighted by Gasteiger charge is 2.11. The van der Waals surface area contributed by atoms with Crippen LogP contribution in [0.25, 0.3) is 0 Å². The van der Waals surface area contributed by atoms with Crippen LogP contribution in [0.15, 0.2) is 42.5 Å². The molecule has 4 heteroatoms. The number of nitrogens with two attached hydrogens (primary N) is 1. The Morgan fingerprint density at radius 2 is 1.68 bits per heavy atom. The summed E-state index contributed by atoms with van der Waals surface area (Å²) >= 11 is 0. The minimum Gasteiger partial charge on any atom is -0.399 e. The van der Waals surface area contributed by atoms with E-state index in [0.717, 1.165) is 11.1 Å². The van der Waals surface area contributed by atoms with Crippen LogP contribution in [-0.2, 0) is 4.89 Å². The van der Waals surface area contributed by atoms with E-state index < -0.39 is 5.97 Å². The summed E-state index contributed by atoms with van der Waals surface area (Å²) < 4.78 is 0. The fourth-order valence-electron chi connectivity index (χ4n) is 1.61. The number of hydrogen-bond acceptors (Lipinski definition) is 4. The molecule has 2 aromatic carbocycles. The Morgan fingerprint density at radius 1 is 1.00 bits per heavy atom. The van der Waals surface area contributed by atoms with Gasteiger partial charge in [0.2, 0.25) is 0 Å². The Hall–Kier alpha value is -2.49. The molecule has 2 rings (SSSR count). The van der Waals surface area contributed by atoms with Crippen LogP contribution >= 0.6 is 0 Å². The highest BCUT2D eigenvalue weighted by Crippen LogP contribution is 2.25. The Labute approximate surface area is 111 Å². The van der Waals surface area contributed by atoms with E-state index in [2.05, 4.69) is 0 Å². The van der Waals surface area contributed by atoms with Gasteiger partial charge in [-0.2, -0.15) is 0 Å². The van der Waals surface area contributed by atoms with Crippen LogP contribution in [0.3, 0.4) is 0 Å². The van der Waals surface area contributed by atoms with Gasteiger partial charge in [-0.25, -0.2) is 9.68 Å². The molecule has 2 aromatic rings. The third-order valence-corrected chi connectivity index (χ3v) is 3.00. The van der Waals surface area contributed by atoms with Crippen molar-refractivity contribution in [3.8, 4) is 5.75 Å². The van der Waals surface area contributed by atoms with Crippen molar-refractivity contribution in [3.05, 3.63) is 59.2 Å². The van der Waals surface area contributed by atoms with E-state index in [9.17, 15) is 4.79 Å². The molecular weight excluding hydrogens is 242 g/mol. The van der Waals surface area contributed by atoms with Crippen LogP contribution in [-0.4, -0.2) is 5.97 Å². The molecule has 0 bridgehead atoms. The second kappa shape index (κ2) is 5.44. The monoisotopic (exact) mass is 257 g/mol. The standard InChI is InChI=1S/C15H15NO3/c1-10-11(2)14(9-8-13(10)16)18-19-15(17)12-6-4-3-5-7-12/h3-9H,16H2,1-2H3. The molecule has 19 heavy (non-hydrogen) atoms. The molecule has 0 atom stereocenters. The SMILES string of the molecule is Cc1c(N)ccc(OOC(=O)c2ccccc2)c1C. The van der Waals surface area contributed by atoms with Gasteiger partial charge in [-0.3, -0.25) is 4.89 Å². The van der Waals surface area contributed by atoms with E-state index in [1.807, 2.05) is 19.9 Å². The molecule has 0 unspecified atom stereocenters. The van der Waals surface area contributed by atoms with Gasteiger partial charge >= 0.3 is 5.97 Å². The molecule has 0 aliphatic carbocycles. The Bertz CT molecular complexity index is 594. The first kappa shape index (κ1) is 13.0. The van der Waals surface area contributed by atoms with Crippen molar-refractivity contribution >= 4 is 11.7 Å². The minimum absolute atomic E-state index is 0.437. The van der Waals surface area contributed by atoms with E-state index in [-0.39, 0.29) is 0 Å². The first-order chi connectivity index (χ1) is 9.09. The molecule has 0 amide bonds. The van der Waals surface area contributed by atoms with E-state index in [0.29, 0.717) is 17.0 Å². The summed E-state index contributed by atoms with van der Waals surface area (Å²) in [6.45, 7) is 3.74. The zero-order valence-electron chi connectivity index (χ0n) is 10.8. The van der Waals surface area contributed by atoms with Crippen LogP contribution < -0.4 is 10.6 Å². The summed E-state index contributed by atoms with van der Waals surface area (Å²) in [5.74, 6) is -0.0505. The molecule has 0 saturated heterocycles. The lowest BCUT2D eigenvalue weighted by atomic mass is 10.1. The van der Waals surface area contributed by atoms with Gasteiger partial charge in [0.25, 0.3) is 0 Å². The number of rotatable bonds is 3. The van der Waals surface area contributed by atoms with Gasteiger partial charge < -0.3 is 5.73 Å². The predicted octanol–water partition coefficient (Wildman–Crippen LogP) is 3.04. The molecule has 0 fully saturated rings. The molecular formula is C15H15NO3. The molecule has 0 spiro atoms. The van der Waals surface area contributed by atoms with E-state index in [1.165, 1.54) is 0 Å². The number of hydrogen-bond donors (Lipinski definition) is 1. The number of carbonyl (C=O) groups excluding carboxylic acids is 1. The van der Waals surface area contributed by atoms with Gasteiger partial charge in [0, 0.05) is 11.3 Å². The summed E-state index contributed by atoms with van der Waals surface area (Å²) in [4.78, 5) is 21.6. The zero-order valence-corrected chi connectivity index (χ0v) is 10.8. The molecule has 98 valence electrons. The highest BCUT2D eigenvalue weighted by molar-refractivity contribution is 5.88. The molecule has 0 saturated carbocycles. The molecule has 0 heterocycles. The lowest BCUT2D eigenvalue weighted by Gasteiger charge is -2.10. The molecule has 0 radical (unpaired) electrons. The van der Waals surface area contributed by atoms with Crippen molar-refractivity contribution in [2.24, 2.45) is 0 Å². The third kappa shape index (κ3) is 2.85. The first-order valence-electron chi connectivity index (χ1n) is 5.89. The largest absolute Gasteiger partial charge is 0.399 e. The first-order valence-corrected chi connectivity index (χ1v) is 5.89. The highest BCUT2D eigenvalue weighted by atomic mass is 17.2. The number of anilines is 1. The molecule has 0 aromatic heterocycles. The number of benzene rings is 2. The second-order valence-electron chi connectivity index (χ2n) is 4.22. The van der Waals surface area contributed by atoms with E-state index >= 15 is 0 Å². The predicted molar refractivity (Wildman–Crippen MR) is 72.8 cm³/mol. The van der Waals surface area contributed by atoms with Crippen molar-refractivity contribution in [1.82, 2.24) is 0 Å². The molecule has 0 aliphatic heterocycles. The van der Waals surface area contributed by atoms with Crippen LogP contribution in [0.5, 0.6) is 5.75 Å². The van der Waals surface area contributed by atoms with Crippen molar-refractivity contribution in [1.29, 1.82) is 0 Å². The molecule has 2 N–H and O–H groups in total. The fraction of sp³-hybridized carbons (Fsp3) is 0.133. The molecule has 0 aliphatic rings. The average Bonchev–Trinajstić information content (AvgIpc) is 2.45. The van der Waals surface area contributed by atoms with Crippen molar-refractivity contribution in [3.63, 3.8) is 0 Å².